The lowest BCUT2D eigenvalue weighted by molar-refractivity contribution is 0.0858. The molecule has 3 rings (SSSR count). The summed E-state index contributed by atoms with van der Waals surface area (Å²) in [4.78, 5) is 12.3. The molecule has 0 fully saturated rings. The Morgan fingerprint density at radius 1 is 1.19 bits per heavy atom. The van der Waals surface area contributed by atoms with Gasteiger partial charge in [0, 0.05) is 17.9 Å². The fourth-order valence-corrected chi connectivity index (χ4v) is 2.90. The van der Waals surface area contributed by atoms with Crippen LogP contribution < -0.4 is 5.32 Å². The SMILES string of the molecule is O=C(N[C@@H]1c2ccccc2C[C@@H]1O)c1ccc(CCl)cc1. The monoisotopic (exact) mass is 301 g/mol. The summed E-state index contributed by atoms with van der Waals surface area (Å²) in [6.45, 7) is 0. The third-order valence-electron chi connectivity index (χ3n) is 3.86. The van der Waals surface area contributed by atoms with Crippen molar-refractivity contribution in [2.45, 2.75) is 24.4 Å². The quantitative estimate of drug-likeness (QED) is 0.857. The van der Waals surface area contributed by atoms with E-state index < -0.39 is 6.10 Å². The van der Waals surface area contributed by atoms with Crippen molar-refractivity contribution < 1.29 is 9.90 Å². The van der Waals surface area contributed by atoms with Crippen LogP contribution >= 0.6 is 11.6 Å². The summed E-state index contributed by atoms with van der Waals surface area (Å²) in [5.74, 6) is 0.244. The van der Waals surface area contributed by atoms with Crippen LogP contribution in [0.15, 0.2) is 48.5 Å². The van der Waals surface area contributed by atoms with Gasteiger partial charge in [0.25, 0.3) is 5.91 Å². The third kappa shape index (κ3) is 2.80. The number of rotatable bonds is 3. The largest absolute Gasteiger partial charge is 0.390 e. The second kappa shape index (κ2) is 5.88. The van der Waals surface area contributed by atoms with Crippen molar-refractivity contribution in [2.75, 3.05) is 0 Å². The molecule has 1 aliphatic carbocycles. The highest BCUT2D eigenvalue weighted by Crippen LogP contribution is 2.31. The molecule has 2 N–H and O–H groups in total. The van der Waals surface area contributed by atoms with E-state index in [-0.39, 0.29) is 11.9 Å². The highest BCUT2D eigenvalue weighted by atomic mass is 35.5. The standard InChI is InChI=1S/C17H16ClNO2/c18-10-11-5-7-12(8-6-11)17(21)19-16-14-4-2-1-3-13(14)9-15(16)20/h1-8,15-16,20H,9-10H2,(H,19,21)/t15-,16+/m0/s1. The number of alkyl halides is 1. The van der Waals surface area contributed by atoms with E-state index in [0.717, 1.165) is 16.7 Å². The Hall–Kier alpha value is -1.84. The first kappa shape index (κ1) is 14.1. The molecular formula is C17H16ClNO2. The molecule has 0 aliphatic heterocycles. The van der Waals surface area contributed by atoms with Gasteiger partial charge in [-0.2, -0.15) is 0 Å². The molecule has 21 heavy (non-hydrogen) atoms. The normalized spacial score (nSPS) is 20.1. The number of carbonyl (C=O) groups is 1. The molecule has 0 heterocycles. The summed E-state index contributed by atoms with van der Waals surface area (Å²) in [6, 6.07) is 14.6. The van der Waals surface area contributed by atoms with E-state index in [0.29, 0.717) is 17.9 Å². The Kier molecular flexibility index (Phi) is 3.95. The van der Waals surface area contributed by atoms with E-state index >= 15 is 0 Å². The number of amides is 1. The Labute approximate surface area is 128 Å². The molecule has 1 aliphatic rings. The van der Waals surface area contributed by atoms with Crippen molar-refractivity contribution in [2.24, 2.45) is 0 Å². The highest BCUT2D eigenvalue weighted by Gasteiger charge is 2.31. The van der Waals surface area contributed by atoms with E-state index in [1.54, 1.807) is 12.1 Å². The van der Waals surface area contributed by atoms with E-state index in [9.17, 15) is 9.90 Å². The summed E-state index contributed by atoms with van der Waals surface area (Å²) in [7, 11) is 0. The molecule has 4 heteroatoms. The minimum atomic E-state index is -0.575. The number of fused-ring (bicyclic) bond motifs is 1. The summed E-state index contributed by atoms with van der Waals surface area (Å²) >= 11 is 5.74. The number of hydrogen-bond acceptors (Lipinski definition) is 2. The summed E-state index contributed by atoms with van der Waals surface area (Å²) in [6.07, 6.45) is 0.000205. The Bertz CT molecular complexity index is 654. The van der Waals surface area contributed by atoms with Crippen molar-refractivity contribution >= 4 is 17.5 Å². The van der Waals surface area contributed by atoms with Crippen molar-refractivity contribution in [3.8, 4) is 0 Å². The molecule has 108 valence electrons. The number of hydrogen-bond donors (Lipinski definition) is 2. The fraction of sp³-hybridized carbons (Fsp3) is 0.235. The maximum atomic E-state index is 12.3. The maximum Gasteiger partial charge on any atom is 0.251 e. The first-order valence-corrected chi connectivity index (χ1v) is 7.44. The zero-order valence-electron chi connectivity index (χ0n) is 11.4. The second-order valence-corrected chi connectivity index (χ2v) is 5.52. The van der Waals surface area contributed by atoms with E-state index in [4.69, 9.17) is 11.6 Å². The molecule has 0 radical (unpaired) electrons. The van der Waals surface area contributed by atoms with Gasteiger partial charge in [0.15, 0.2) is 0 Å². The summed E-state index contributed by atoms with van der Waals surface area (Å²) < 4.78 is 0. The zero-order chi connectivity index (χ0) is 14.8. The lowest BCUT2D eigenvalue weighted by Crippen LogP contribution is -2.33. The number of aliphatic hydroxyl groups excluding tert-OH is 1. The van der Waals surface area contributed by atoms with Crippen LogP contribution in [0.5, 0.6) is 0 Å². The molecule has 2 atom stereocenters. The molecule has 0 bridgehead atoms. The third-order valence-corrected chi connectivity index (χ3v) is 4.17. The van der Waals surface area contributed by atoms with Crippen LogP contribution in [0.3, 0.4) is 0 Å². The van der Waals surface area contributed by atoms with E-state index in [1.165, 1.54) is 0 Å². The second-order valence-electron chi connectivity index (χ2n) is 5.25. The number of nitrogens with one attached hydrogen (secondary N) is 1. The molecule has 1 amide bonds. The zero-order valence-corrected chi connectivity index (χ0v) is 12.2. The highest BCUT2D eigenvalue weighted by molar-refractivity contribution is 6.17. The van der Waals surface area contributed by atoms with Crippen molar-refractivity contribution in [3.05, 3.63) is 70.8 Å². The van der Waals surface area contributed by atoms with Gasteiger partial charge < -0.3 is 10.4 Å². The van der Waals surface area contributed by atoms with Crippen LogP contribution in [-0.4, -0.2) is 17.1 Å². The topological polar surface area (TPSA) is 49.3 Å². The van der Waals surface area contributed by atoms with Crippen LogP contribution in [0.25, 0.3) is 0 Å². The molecule has 0 saturated heterocycles. The number of benzene rings is 2. The number of halogens is 1. The van der Waals surface area contributed by atoms with Gasteiger partial charge in [-0.25, -0.2) is 0 Å². The minimum absolute atomic E-state index is 0.183. The molecule has 0 unspecified atom stereocenters. The molecule has 0 aromatic heterocycles. The Morgan fingerprint density at radius 2 is 1.90 bits per heavy atom. The van der Waals surface area contributed by atoms with Crippen molar-refractivity contribution in [3.63, 3.8) is 0 Å². The average Bonchev–Trinajstić information content (AvgIpc) is 2.83. The van der Waals surface area contributed by atoms with Crippen LogP contribution in [0, 0.1) is 0 Å². The molecular weight excluding hydrogens is 286 g/mol. The molecule has 0 saturated carbocycles. The van der Waals surface area contributed by atoms with Gasteiger partial charge in [-0.15, -0.1) is 11.6 Å². The van der Waals surface area contributed by atoms with Gasteiger partial charge in [-0.3, -0.25) is 4.79 Å². The van der Waals surface area contributed by atoms with Gasteiger partial charge in [0.1, 0.15) is 0 Å². The van der Waals surface area contributed by atoms with Gasteiger partial charge in [-0.05, 0) is 28.8 Å². The van der Waals surface area contributed by atoms with Crippen LogP contribution in [-0.2, 0) is 12.3 Å². The predicted molar refractivity (Wildman–Crippen MR) is 82.4 cm³/mol. The van der Waals surface area contributed by atoms with Gasteiger partial charge in [0.05, 0.1) is 12.1 Å². The van der Waals surface area contributed by atoms with Gasteiger partial charge >= 0.3 is 0 Å². The van der Waals surface area contributed by atoms with Crippen LogP contribution in [0.4, 0.5) is 0 Å². The summed E-state index contributed by atoms with van der Waals surface area (Å²) in [5.41, 5.74) is 3.63. The first-order chi connectivity index (χ1) is 10.2. The first-order valence-electron chi connectivity index (χ1n) is 6.90. The molecule has 2 aromatic carbocycles. The van der Waals surface area contributed by atoms with Crippen molar-refractivity contribution in [1.82, 2.24) is 5.32 Å². The average molecular weight is 302 g/mol. The van der Waals surface area contributed by atoms with E-state index in [2.05, 4.69) is 5.32 Å². The van der Waals surface area contributed by atoms with Crippen LogP contribution in [0.2, 0.25) is 0 Å². The minimum Gasteiger partial charge on any atom is -0.390 e. The van der Waals surface area contributed by atoms with Gasteiger partial charge in [-0.1, -0.05) is 36.4 Å². The smallest absolute Gasteiger partial charge is 0.251 e. The lowest BCUT2D eigenvalue weighted by atomic mass is 10.1. The van der Waals surface area contributed by atoms with E-state index in [1.807, 2.05) is 36.4 Å². The number of carbonyl (C=O) groups excluding carboxylic acids is 1. The lowest BCUT2D eigenvalue weighted by Gasteiger charge is -2.18. The summed E-state index contributed by atoms with van der Waals surface area (Å²) in [5, 5.41) is 13.1. The fourth-order valence-electron chi connectivity index (χ4n) is 2.72. The number of aliphatic hydroxyl groups is 1. The molecule has 0 spiro atoms. The van der Waals surface area contributed by atoms with Crippen LogP contribution in [0.1, 0.15) is 33.1 Å². The molecule has 2 aromatic rings. The Morgan fingerprint density at radius 3 is 2.62 bits per heavy atom. The van der Waals surface area contributed by atoms with Crippen molar-refractivity contribution in [1.29, 1.82) is 0 Å². The predicted octanol–water partition coefficient (Wildman–Crippen LogP) is 2.81. The maximum absolute atomic E-state index is 12.3. The van der Waals surface area contributed by atoms with Gasteiger partial charge in [0.2, 0.25) is 0 Å². The Balaban J connectivity index is 1.78. The molecule has 3 nitrogen and oxygen atoms in total.